The first-order valence-electron chi connectivity index (χ1n) is 12.5. The summed E-state index contributed by atoms with van der Waals surface area (Å²) in [6, 6.07) is 0. The van der Waals surface area contributed by atoms with Gasteiger partial charge in [0.2, 0.25) is 0 Å². The number of aliphatic hydroxyl groups excluding tert-OH is 2. The predicted octanol–water partition coefficient (Wildman–Crippen LogP) is 2.83. The van der Waals surface area contributed by atoms with Gasteiger partial charge in [-0.1, -0.05) is 40.7 Å². The normalized spacial score (nSPS) is 44.3. The Morgan fingerprint density at radius 2 is 1.68 bits per heavy atom. The van der Waals surface area contributed by atoms with E-state index in [4.69, 9.17) is 14.2 Å². The first-order valence-corrected chi connectivity index (χ1v) is 12.5. The summed E-state index contributed by atoms with van der Waals surface area (Å²) in [6.45, 7) is 12.4. The van der Waals surface area contributed by atoms with Crippen LogP contribution in [-0.2, 0) is 28.6 Å². The summed E-state index contributed by atoms with van der Waals surface area (Å²) in [5.41, 5.74) is 0. The molecule has 0 aromatic heterocycles. The van der Waals surface area contributed by atoms with Crippen LogP contribution < -0.4 is 0 Å². The molecular formula is C26H42O8. The molecule has 2 N–H and O–H groups in total. The van der Waals surface area contributed by atoms with E-state index >= 15 is 0 Å². The van der Waals surface area contributed by atoms with Gasteiger partial charge in [0.25, 0.3) is 0 Å². The number of carbonyl (C=O) groups excluding carboxylic acids is 3. The van der Waals surface area contributed by atoms with Crippen LogP contribution in [0.1, 0.15) is 67.7 Å². The number of aliphatic hydroxyl groups is 2. The number of carbonyl (C=O) groups is 3. The Morgan fingerprint density at radius 3 is 2.26 bits per heavy atom. The van der Waals surface area contributed by atoms with Crippen molar-refractivity contribution < 1.29 is 38.8 Å². The van der Waals surface area contributed by atoms with Gasteiger partial charge in [0.1, 0.15) is 18.1 Å². The lowest BCUT2D eigenvalue weighted by atomic mass is 9.81. The number of hydrogen-bond donors (Lipinski definition) is 2. The van der Waals surface area contributed by atoms with Gasteiger partial charge in [0.15, 0.2) is 17.9 Å². The lowest BCUT2D eigenvalue weighted by Gasteiger charge is -2.39. The van der Waals surface area contributed by atoms with Crippen LogP contribution in [-0.4, -0.2) is 64.6 Å². The number of rotatable bonds is 3. The van der Waals surface area contributed by atoms with Gasteiger partial charge >= 0.3 is 5.97 Å². The minimum Gasteiger partial charge on any atom is -0.461 e. The average Bonchev–Trinajstić information content (AvgIpc) is 2.79. The minimum absolute atomic E-state index is 0.0379. The van der Waals surface area contributed by atoms with Crippen LogP contribution in [0.5, 0.6) is 0 Å². The van der Waals surface area contributed by atoms with E-state index in [2.05, 4.69) is 0 Å². The van der Waals surface area contributed by atoms with Crippen molar-refractivity contribution in [3.63, 3.8) is 0 Å². The highest BCUT2D eigenvalue weighted by molar-refractivity contribution is 6.00. The van der Waals surface area contributed by atoms with Gasteiger partial charge in [0, 0.05) is 24.2 Å². The Kier molecular flexibility index (Phi) is 10.4. The highest BCUT2D eigenvalue weighted by Crippen LogP contribution is 2.31. The molecule has 2 heterocycles. The number of Topliss-reactive ketones (excluding diaryl/α,β-unsaturated/α-hetero) is 1. The second-order valence-electron chi connectivity index (χ2n) is 10.2. The maximum atomic E-state index is 13.3. The molecular weight excluding hydrogens is 440 g/mol. The van der Waals surface area contributed by atoms with E-state index in [0.29, 0.717) is 12.8 Å². The van der Waals surface area contributed by atoms with E-state index in [1.165, 1.54) is 0 Å². The van der Waals surface area contributed by atoms with Gasteiger partial charge in [-0.05, 0) is 38.7 Å². The summed E-state index contributed by atoms with van der Waals surface area (Å²) in [6.07, 6.45) is -0.174. The number of ketones is 2. The second kappa shape index (κ2) is 12.4. The van der Waals surface area contributed by atoms with Crippen molar-refractivity contribution >= 4 is 17.5 Å². The van der Waals surface area contributed by atoms with E-state index in [1.54, 1.807) is 32.9 Å². The summed E-state index contributed by atoms with van der Waals surface area (Å²) < 4.78 is 17.6. The first kappa shape index (κ1) is 28.6. The quantitative estimate of drug-likeness (QED) is 0.466. The molecule has 2 rings (SSSR count). The van der Waals surface area contributed by atoms with Crippen molar-refractivity contribution in [3.8, 4) is 0 Å². The Balaban J connectivity index is 2.35. The van der Waals surface area contributed by atoms with Crippen molar-refractivity contribution in [1.29, 1.82) is 0 Å². The van der Waals surface area contributed by atoms with Crippen LogP contribution in [0.25, 0.3) is 0 Å². The molecule has 0 spiro atoms. The summed E-state index contributed by atoms with van der Waals surface area (Å²) in [7, 11) is 0. The fourth-order valence-electron chi connectivity index (χ4n) is 4.86. The van der Waals surface area contributed by atoms with Crippen LogP contribution in [0, 0.1) is 29.6 Å². The average molecular weight is 483 g/mol. The molecule has 0 unspecified atom stereocenters. The molecule has 0 radical (unpaired) electrons. The summed E-state index contributed by atoms with van der Waals surface area (Å²) in [4.78, 5) is 38.9. The Labute approximate surface area is 203 Å². The number of cyclic esters (lactones) is 1. The molecule has 34 heavy (non-hydrogen) atoms. The molecule has 0 aromatic rings. The largest absolute Gasteiger partial charge is 0.461 e. The van der Waals surface area contributed by atoms with Gasteiger partial charge in [0.05, 0.1) is 18.3 Å². The van der Waals surface area contributed by atoms with Gasteiger partial charge in [-0.2, -0.15) is 0 Å². The topological polar surface area (TPSA) is 119 Å². The molecule has 11 atom stereocenters. The molecule has 8 nitrogen and oxygen atoms in total. The van der Waals surface area contributed by atoms with Gasteiger partial charge < -0.3 is 24.4 Å². The van der Waals surface area contributed by atoms with Crippen LogP contribution in [0.15, 0.2) is 12.2 Å². The van der Waals surface area contributed by atoms with Crippen molar-refractivity contribution in [2.45, 2.75) is 105 Å². The predicted molar refractivity (Wildman–Crippen MR) is 126 cm³/mol. The molecule has 0 aliphatic carbocycles. The van der Waals surface area contributed by atoms with Gasteiger partial charge in [-0.25, -0.2) is 0 Å². The maximum Gasteiger partial charge on any atom is 0.316 e. The molecule has 194 valence electrons. The fraction of sp³-hybridized carbons (Fsp3) is 0.808. The molecule has 0 saturated carbocycles. The third kappa shape index (κ3) is 6.97. The first-order chi connectivity index (χ1) is 15.9. The van der Waals surface area contributed by atoms with Crippen LogP contribution in [0.4, 0.5) is 0 Å². The Morgan fingerprint density at radius 1 is 1.03 bits per heavy atom. The zero-order chi connectivity index (χ0) is 25.7. The highest BCUT2D eigenvalue weighted by atomic mass is 16.7. The maximum absolute atomic E-state index is 13.3. The monoisotopic (exact) mass is 482 g/mol. The molecule has 2 aliphatic rings. The lowest BCUT2D eigenvalue weighted by molar-refractivity contribution is -0.269. The van der Waals surface area contributed by atoms with Crippen LogP contribution in [0.2, 0.25) is 0 Å². The molecule has 1 saturated heterocycles. The lowest BCUT2D eigenvalue weighted by Crippen LogP contribution is -2.50. The summed E-state index contributed by atoms with van der Waals surface area (Å²) >= 11 is 0. The summed E-state index contributed by atoms with van der Waals surface area (Å²) in [5, 5.41) is 20.2. The second-order valence-corrected chi connectivity index (χ2v) is 10.2. The standard InChI is InChI=1S/C26H42O8/c1-8-21-13(2)9-10-19(27)14(3)11-15(4)25(16(5)23(29)17(6)26(31)33-21)34-22-12-20(28)24(30)18(7)32-22/h9-10,13-18,20-22,24-25,28,30H,8,11-12H2,1-7H3/b10-9+/t13-,14-,15+,16+,17-,18+,20-,21-,22-,24-,25+/m1/s1. The van der Waals surface area contributed by atoms with E-state index in [-0.39, 0.29) is 35.7 Å². The van der Waals surface area contributed by atoms with E-state index < -0.39 is 54.6 Å². The minimum atomic E-state index is -1.02. The van der Waals surface area contributed by atoms with Crippen molar-refractivity contribution in [2.75, 3.05) is 0 Å². The molecule has 8 heteroatoms. The van der Waals surface area contributed by atoms with E-state index in [0.717, 1.165) is 0 Å². The van der Waals surface area contributed by atoms with Crippen molar-refractivity contribution in [3.05, 3.63) is 12.2 Å². The zero-order valence-corrected chi connectivity index (χ0v) is 21.5. The van der Waals surface area contributed by atoms with Gasteiger partial charge in [-0.3, -0.25) is 14.4 Å². The molecule has 0 aromatic carbocycles. The third-order valence-electron chi connectivity index (χ3n) is 7.30. The highest BCUT2D eigenvalue weighted by Gasteiger charge is 2.41. The van der Waals surface area contributed by atoms with E-state index in [9.17, 15) is 24.6 Å². The number of esters is 1. The molecule has 0 bridgehead atoms. The van der Waals surface area contributed by atoms with Crippen LogP contribution in [0.3, 0.4) is 0 Å². The number of allylic oxidation sites excluding steroid dienone is 1. The third-order valence-corrected chi connectivity index (χ3v) is 7.30. The molecule has 1 fully saturated rings. The van der Waals surface area contributed by atoms with Crippen LogP contribution >= 0.6 is 0 Å². The Hall–Kier alpha value is -1.61. The van der Waals surface area contributed by atoms with Crippen molar-refractivity contribution in [1.82, 2.24) is 0 Å². The van der Waals surface area contributed by atoms with Gasteiger partial charge in [-0.15, -0.1) is 0 Å². The smallest absolute Gasteiger partial charge is 0.316 e. The Bertz CT molecular complexity index is 737. The molecule has 0 amide bonds. The number of hydrogen-bond acceptors (Lipinski definition) is 8. The SMILES string of the molecule is CC[C@H]1OC(=O)[C@H](C)C(=O)[C@H](C)[C@@H](O[C@@H]2C[C@@H](O)[C@H](O)[C@H](C)O2)[C@@H](C)C[C@@H](C)C(=O)/C=C/[C@H]1C. The molecule has 2 aliphatic heterocycles. The van der Waals surface area contributed by atoms with E-state index in [1.807, 2.05) is 27.7 Å². The van der Waals surface area contributed by atoms with Crippen molar-refractivity contribution in [2.24, 2.45) is 29.6 Å². The fourth-order valence-corrected chi connectivity index (χ4v) is 4.86. The summed E-state index contributed by atoms with van der Waals surface area (Å²) in [5.74, 6) is -3.27. The zero-order valence-electron chi connectivity index (χ0n) is 21.5. The number of ether oxygens (including phenoxy) is 3.